The van der Waals surface area contributed by atoms with Gasteiger partial charge in [-0.1, -0.05) is 19.8 Å². The molecule has 0 radical (unpaired) electrons. The molecule has 4 nitrogen and oxygen atoms in total. The third-order valence-corrected chi connectivity index (χ3v) is 3.32. The molecule has 4 heteroatoms. The number of nitriles is 1. The number of nitrogen functional groups attached to an aromatic ring is 1. The highest BCUT2D eigenvalue weighted by Gasteiger charge is 2.19. The molecule has 1 saturated carbocycles. The Balaban J connectivity index is 2.06. The predicted molar refractivity (Wildman–Crippen MR) is 68.4 cm³/mol. The quantitative estimate of drug-likeness (QED) is 0.818. The Labute approximate surface area is 102 Å². The standard InChI is InChI=1S/C13H18N4/c1-9-3-2-4-11(5-9)17-13-12(15)6-10(7-14)8-16-13/h6,8-9,11H,2-5,15H2,1H3,(H,16,17). The molecule has 2 rings (SSSR count). The highest BCUT2D eigenvalue weighted by molar-refractivity contribution is 5.63. The second-order valence-electron chi connectivity index (χ2n) is 4.89. The van der Waals surface area contributed by atoms with Gasteiger partial charge in [0.05, 0.1) is 11.3 Å². The van der Waals surface area contributed by atoms with Crippen LogP contribution in [0.4, 0.5) is 11.5 Å². The number of nitrogens with zero attached hydrogens (tertiary/aromatic N) is 2. The lowest BCUT2D eigenvalue weighted by molar-refractivity contribution is 0.358. The van der Waals surface area contributed by atoms with Crippen molar-refractivity contribution in [3.05, 3.63) is 17.8 Å². The van der Waals surface area contributed by atoms with E-state index in [1.165, 1.54) is 25.7 Å². The van der Waals surface area contributed by atoms with Gasteiger partial charge in [-0.3, -0.25) is 0 Å². The van der Waals surface area contributed by atoms with Crippen LogP contribution in [0, 0.1) is 17.2 Å². The van der Waals surface area contributed by atoms with Crippen molar-refractivity contribution in [3.63, 3.8) is 0 Å². The predicted octanol–water partition coefficient (Wildman–Crippen LogP) is 2.53. The summed E-state index contributed by atoms with van der Waals surface area (Å²) < 4.78 is 0. The minimum atomic E-state index is 0.460. The first-order valence-corrected chi connectivity index (χ1v) is 6.11. The summed E-state index contributed by atoms with van der Waals surface area (Å²) >= 11 is 0. The Kier molecular flexibility index (Phi) is 3.48. The van der Waals surface area contributed by atoms with Crippen molar-refractivity contribution in [2.45, 2.75) is 38.6 Å². The molecule has 1 aliphatic carbocycles. The van der Waals surface area contributed by atoms with Crippen LogP contribution in [0.2, 0.25) is 0 Å². The number of nitrogens with one attached hydrogen (secondary N) is 1. The number of anilines is 2. The molecule has 3 N–H and O–H groups in total. The van der Waals surface area contributed by atoms with E-state index in [1.54, 1.807) is 12.3 Å². The van der Waals surface area contributed by atoms with Gasteiger partial charge in [0.1, 0.15) is 11.9 Å². The maximum atomic E-state index is 8.74. The summed E-state index contributed by atoms with van der Waals surface area (Å²) in [5.41, 5.74) is 6.94. The summed E-state index contributed by atoms with van der Waals surface area (Å²) in [6.07, 6.45) is 6.47. The molecule has 0 amide bonds. The molecule has 2 atom stereocenters. The van der Waals surface area contributed by atoms with E-state index in [4.69, 9.17) is 11.0 Å². The van der Waals surface area contributed by atoms with Gasteiger partial charge in [-0.15, -0.1) is 0 Å². The third-order valence-electron chi connectivity index (χ3n) is 3.32. The smallest absolute Gasteiger partial charge is 0.149 e. The van der Waals surface area contributed by atoms with E-state index in [0.717, 1.165) is 5.92 Å². The first-order valence-electron chi connectivity index (χ1n) is 6.11. The zero-order valence-electron chi connectivity index (χ0n) is 10.1. The van der Waals surface area contributed by atoms with Gasteiger partial charge in [0, 0.05) is 12.2 Å². The molecule has 1 heterocycles. The van der Waals surface area contributed by atoms with Gasteiger partial charge < -0.3 is 11.1 Å². The summed E-state index contributed by atoms with van der Waals surface area (Å²) in [7, 11) is 0. The highest BCUT2D eigenvalue weighted by Crippen LogP contribution is 2.27. The normalized spacial score (nSPS) is 24.0. The Hall–Kier alpha value is -1.76. The first kappa shape index (κ1) is 11.7. The van der Waals surface area contributed by atoms with E-state index in [1.807, 2.05) is 6.07 Å². The van der Waals surface area contributed by atoms with Crippen molar-refractivity contribution >= 4 is 11.5 Å². The topological polar surface area (TPSA) is 74.7 Å². The largest absolute Gasteiger partial charge is 0.396 e. The van der Waals surface area contributed by atoms with Crippen LogP contribution in [0.15, 0.2) is 12.3 Å². The molecule has 0 aliphatic heterocycles. The van der Waals surface area contributed by atoms with Gasteiger partial charge in [-0.2, -0.15) is 5.26 Å². The van der Waals surface area contributed by atoms with Crippen LogP contribution in [0.25, 0.3) is 0 Å². The molecule has 90 valence electrons. The molecule has 0 bridgehead atoms. The number of pyridine rings is 1. The summed E-state index contributed by atoms with van der Waals surface area (Å²) in [5, 5.41) is 12.1. The molecule has 2 unspecified atom stereocenters. The molecule has 1 aromatic heterocycles. The molecule has 0 saturated heterocycles. The van der Waals surface area contributed by atoms with Crippen LogP contribution in [-0.4, -0.2) is 11.0 Å². The Morgan fingerprint density at radius 1 is 1.53 bits per heavy atom. The minimum Gasteiger partial charge on any atom is -0.396 e. The summed E-state index contributed by atoms with van der Waals surface area (Å²) in [6.45, 7) is 2.28. The average Bonchev–Trinajstić information content (AvgIpc) is 2.32. The lowest BCUT2D eigenvalue weighted by atomic mass is 9.87. The van der Waals surface area contributed by atoms with Crippen molar-refractivity contribution in [1.82, 2.24) is 4.98 Å². The number of nitrogens with two attached hydrogens (primary N) is 1. The molecule has 1 aliphatic rings. The van der Waals surface area contributed by atoms with Crippen molar-refractivity contribution in [2.75, 3.05) is 11.1 Å². The van der Waals surface area contributed by atoms with Crippen LogP contribution < -0.4 is 11.1 Å². The van der Waals surface area contributed by atoms with Crippen LogP contribution in [0.5, 0.6) is 0 Å². The van der Waals surface area contributed by atoms with E-state index in [9.17, 15) is 0 Å². The molecule has 0 aromatic carbocycles. The zero-order valence-corrected chi connectivity index (χ0v) is 10.1. The fraction of sp³-hybridized carbons (Fsp3) is 0.538. The lowest BCUT2D eigenvalue weighted by Gasteiger charge is -2.28. The van der Waals surface area contributed by atoms with Crippen LogP contribution in [0.1, 0.15) is 38.2 Å². The van der Waals surface area contributed by atoms with Crippen LogP contribution >= 0.6 is 0 Å². The fourth-order valence-electron chi connectivity index (χ4n) is 2.42. The number of rotatable bonds is 2. The van der Waals surface area contributed by atoms with Crippen LogP contribution in [-0.2, 0) is 0 Å². The van der Waals surface area contributed by atoms with E-state index < -0.39 is 0 Å². The van der Waals surface area contributed by atoms with Gasteiger partial charge in [0.25, 0.3) is 0 Å². The second kappa shape index (κ2) is 5.05. The molecule has 17 heavy (non-hydrogen) atoms. The van der Waals surface area contributed by atoms with Crippen LogP contribution in [0.3, 0.4) is 0 Å². The fourth-order valence-corrected chi connectivity index (χ4v) is 2.42. The molecular formula is C13H18N4. The van der Waals surface area contributed by atoms with Crippen molar-refractivity contribution in [1.29, 1.82) is 5.26 Å². The SMILES string of the molecule is CC1CCCC(Nc2ncc(C#N)cc2N)C1. The maximum absolute atomic E-state index is 8.74. The van der Waals surface area contributed by atoms with E-state index in [-0.39, 0.29) is 0 Å². The van der Waals surface area contributed by atoms with Gasteiger partial charge in [-0.25, -0.2) is 4.98 Å². The molecule has 1 aromatic rings. The van der Waals surface area contributed by atoms with E-state index in [0.29, 0.717) is 23.1 Å². The number of hydrogen-bond donors (Lipinski definition) is 2. The lowest BCUT2D eigenvalue weighted by Crippen LogP contribution is -2.27. The Morgan fingerprint density at radius 3 is 3.00 bits per heavy atom. The molecule has 1 fully saturated rings. The summed E-state index contributed by atoms with van der Waals surface area (Å²) in [6, 6.07) is 4.16. The zero-order chi connectivity index (χ0) is 12.3. The number of hydrogen-bond acceptors (Lipinski definition) is 4. The summed E-state index contributed by atoms with van der Waals surface area (Å²) in [5.74, 6) is 1.48. The summed E-state index contributed by atoms with van der Waals surface area (Å²) in [4.78, 5) is 4.21. The molecular weight excluding hydrogens is 212 g/mol. The maximum Gasteiger partial charge on any atom is 0.149 e. The molecule has 0 spiro atoms. The van der Waals surface area contributed by atoms with Crippen molar-refractivity contribution in [2.24, 2.45) is 5.92 Å². The van der Waals surface area contributed by atoms with Crippen molar-refractivity contribution < 1.29 is 0 Å². The van der Waals surface area contributed by atoms with Gasteiger partial charge >= 0.3 is 0 Å². The van der Waals surface area contributed by atoms with Gasteiger partial charge in [0.2, 0.25) is 0 Å². The highest BCUT2D eigenvalue weighted by atomic mass is 15.0. The van der Waals surface area contributed by atoms with Gasteiger partial charge in [0.15, 0.2) is 0 Å². The van der Waals surface area contributed by atoms with E-state index in [2.05, 4.69) is 17.2 Å². The third kappa shape index (κ3) is 2.88. The Morgan fingerprint density at radius 2 is 2.35 bits per heavy atom. The monoisotopic (exact) mass is 230 g/mol. The van der Waals surface area contributed by atoms with Gasteiger partial charge in [-0.05, 0) is 24.8 Å². The van der Waals surface area contributed by atoms with Crippen molar-refractivity contribution in [3.8, 4) is 6.07 Å². The van der Waals surface area contributed by atoms with E-state index >= 15 is 0 Å². The minimum absolute atomic E-state index is 0.460. The first-order chi connectivity index (χ1) is 8.19. The average molecular weight is 230 g/mol. The Bertz CT molecular complexity index is 436. The second-order valence-corrected chi connectivity index (χ2v) is 4.89. The number of aromatic nitrogens is 1.